The molecule has 5 nitrogen and oxygen atoms in total. The average molecular weight is 335 g/mol. The number of hydrogen-bond acceptors (Lipinski definition) is 3. The van der Waals surface area contributed by atoms with E-state index < -0.39 is 0 Å². The Hall–Kier alpha value is -1.10. The van der Waals surface area contributed by atoms with E-state index in [9.17, 15) is 9.59 Å². The lowest BCUT2D eigenvalue weighted by Crippen LogP contribution is -2.47. The number of piperidine rings is 1. The van der Waals surface area contributed by atoms with Crippen molar-refractivity contribution in [2.45, 2.75) is 64.3 Å². The lowest BCUT2D eigenvalue weighted by molar-refractivity contribution is -0.127. The minimum atomic E-state index is 0.131. The standard InChI is InChI=1S/C19H33N3O2/c1-2-3-10-20-19(24)16-8-11-22(12-9-16)13-17(23)21-18(14-4-5-14)15-6-7-15/h14-16,18H,2-13H2,1H3,(H,20,24)(H,21,23). The molecule has 5 heteroatoms. The second-order valence-electron chi connectivity index (χ2n) is 7.96. The molecule has 0 bridgehead atoms. The zero-order valence-corrected chi connectivity index (χ0v) is 15.1. The molecule has 0 aromatic rings. The van der Waals surface area contributed by atoms with Gasteiger partial charge in [-0.3, -0.25) is 14.5 Å². The Bertz CT molecular complexity index is 426. The number of hydrogen-bond donors (Lipinski definition) is 2. The molecule has 3 aliphatic rings. The fourth-order valence-corrected chi connectivity index (χ4v) is 3.85. The highest BCUT2D eigenvalue weighted by molar-refractivity contribution is 5.79. The smallest absolute Gasteiger partial charge is 0.234 e. The number of unbranched alkanes of at least 4 members (excludes halogenated alkanes) is 1. The number of likely N-dealkylation sites (tertiary alicyclic amines) is 1. The Labute approximate surface area is 145 Å². The van der Waals surface area contributed by atoms with Crippen molar-refractivity contribution in [3.05, 3.63) is 0 Å². The molecule has 0 radical (unpaired) electrons. The Kier molecular flexibility index (Phi) is 6.14. The molecule has 2 amide bonds. The van der Waals surface area contributed by atoms with Crippen LogP contribution in [0.2, 0.25) is 0 Å². The number of nitrogens with one attached hydrogen (secondary N) is 2. The summed E-state index contributed by atoms with van der Waals surface area (Å²) in [5.74, 6) is 2.02. The van der Waals surface area contributed by atoms with Crippen LogP contribution in [0, 0.1) is 17.8 Å². The molecule has 2 saturated carbocycles. The monoisotopic (exact) mass is 335 g/mol. The quantitative estimate of drug-likeness (QED) is 0.633. The van der Waals surface area contributed by atoms with Gasteiger partial charge >= 0.3 is 0 Å². The highest BCUT2D eigenvalue weighted by Crippen LogP contribution is 2.44. The number of rotatable bonds is 9. The van der Waals surface area contributed by atoms with Crippen molar-refractivity contribution in [2.24, 2.45) is 17.8 Å². The van der Waals surface area contributed by atoms with E-state index >= 15 is 0 Å². The molecule has 2 N–H and O–H groups in total. The summed E-state index contributed by atoms with van der Waals surface area (Å²) < 4.78 is 0. The molecule has 3 rings (SSSR count). The summed E-state index contributed by atoms with van der Waals surface area (Å²) in [5, 5.41) is 6.33. The molecule has 0 spiro atoms. The number of nitrogens with zero attached hydrogens (tertiary/aromatic N) is 1. The van der Waals surface area contributed by atoms with E-state index in [0.29, 0.717) is 12.6 Å². The minimum Gasteiger partial charge on any atom is -0.356 e. The molecule has 3 fully saturated rings. The van der Waals surface area contributed by atoms with E-state index in [1.807, 2.05) is 0 Å². The van der Waals surface area contributed by atoms with E-state index in [1.165, 1.54) is 25.7 Å². The SMILES string of the molecule is CCCCNC(=O)C1CCN(CC(=O)NC(C2CC2)C2CC2)CC1. The summed E-state index contributed by atoms with van der Waals surface area (Å²) in [5.41, 5.74) is 0. The van der Waals surface area contributed by atoms with Crippen LogP contribution in [0.1, 0.15) is 58.3 Å². The Morgan fingerprint density at radius 1 is 1.04 bits per heavy atom. The molecule has 1 aliphatic heterocycles. The van der Waals surface area contributed by atoms with Gasteiger partial charge in [0.2, 0.25) is 11.8 Å². The lowest BCUT2D eigenvalue weighted by atomic mass is 9.96. The third-order valence-electron chi connectivity index (χ3n) is 5.74. The van der Waals surface area contributed by atoms with Crippen LogP contribution >= 0.6 is 0 Å². The van der Waals surface area contributed by atoms with Gasteiger partial charge in [0.1, 0.15) is 0 Å². The minimum absolute atomic E-state index is 0.131. The highest BCUT2D eigenvalue weighted by Gasteiger charge is 2.42. The van der Waals surface area contributed by atoms with Crippen LogP contribution in [0.25, 0.3) is 0 Å². The van der Waals surface area contributed by atoms with E-state index in [1.54, 1.807) is 0 Å². The third-order valence-corrected chi connectivity index (χ3v) is 5.74. The van der Waals surface area contributed by atoms with Crippen molar-refractivity contribution in [3.8, 4) is 0 Å². The third kappa shape index (κ3) is 5.20. The molecule has 0 aromatic carbocycles. The maximum atomic E-state index is 12.3. The first kappa shape index (κ1) is 17.7. The normalized spacial score (nSPS) is 22.6. The van der Waals surface area contributed by atoms with Gasteiger partial charge in [-0.2, -0.15) is 0 Å². The van der Waals surface area contributed by atoms with Gasteiger partial charge in [-0.05, 0) is 69.9 Å². The molecular formula is C19H33N3O2. The van der Waals surface area contributed by atoms with E-state index in [0.717, 1.165) is 57.2 Å². The zero-order valence-electron chi connectivity index (χ0n) is 15.1. The molecular weight excluding hydrogens is 302 g/mol. The van der Waals surface area contributed by atoms with E-state index in [-0.39, 0.29) is 17.7 Å². The van der Waals surface area contributed by atoms with Gasteiger partial charge in [0.15, 0.2) is 0 Å². The summed E-state index contributed by atoms with van der Waals surface area (Å²) >= 11 is 0. The summed E-state index contributed by atoms with van der Waals surface area (Å²) in [6.45, 7) is 5.14. The van der Waals surface area contributed by atoms with Crippen LogP contribution in [0.5, 0.6) is 0 Å². The molecule has 0 aromatic heterocycles. The molecule has 136 valence electrons. The van der Waals surface area contributed by atoms with Crippen LogP contribution in [0.15, 0.2) is 0 Å². The van der Waals surface area contributed by atoms with E-state index in [4.69, 9.17) is 0 Å². The molecule has 1 heterocycles. The summed E-state index contributed by atoms with van der Waals surface area (Å²) in [6.07, 6.45) is 9.07. The second-order valence-corrected chi connectivity index (χ2v) is 7.96. The number of amides is 2. The molecule has 1 saturated heterocycles. The summed E-state index contributed by atoms with van der Waals surface area (Å²) in [4.78, 5) is 26.7. The highest BCUT2D eigenvalue weighted by atomic mass is 16.2. The second kappa shape index (κ2) is 8.32. The van der Waals surface area contributed by atoms with Crippen molar-refractivity contribution in [2.75, 3.05) is 26.2 Å². The van der Waals surface area contributed by atoms with Crippen LogP contribution in [0.3, 0.4) is 0 Å². The van der Waals surface area contributed by atoms with Crippen molar-refractivity contribution in [1.29, 1.82) is 0 Å². The van der Waals surface area contributed by atoms with Crippen LogP contribution < -0.4 is 10.6 Å². The van der Waals surface area contributed by atoms with Gasteiger partial charge in [-0.15, -0.1) is 0 Å². The fraction of sp³-hybridized carbons (Fsp3) is 0.895. The van der Waals surface area contributed by atoms with Crippen molar-refractivity contribution in [1.82, 2.24) is 15.5 Å². The zero-order chi connectivity index (χ0) is 16.9. The van der Waals surface area contributed by atoms with Crippen LogP contribution in [-0.2, 0) is 9.59 Å². The predicted octanol–water partition coefficient (Wildman–Crippen LogP) is 1.92. The Balaban J connectivity index is 1.34. The first-order chi connectivity index (χ1) is 11.7. The largest absolute Gasteiger partial charge is 0.356 e. The van der Waals surface area contributed by atoms with Gasteiger partial charge in [-0.1, -0.05) is 13.3 Å². The molecule has 0 atom stereocenters. The van der Waals surface area contributed by atoms with Gasteiger partial charge in [0.05, 0.1) is 6.54 Å². The van der Waals surface area contributed by atoms with Gasteiger partial charge < -0.3 is 10.6 Å². The van der Waals surface area contributed by atoms with Gasteiger partial charge in [-0.25, -0.2) is 0 Å². The van der Waals surface area contributed by atoms with Crippen molar-refractivity contribution >= 4 is 11.8 Å². The number of carbonyl (C=O) groups excluding carboxylic acids is 2. The van der Waals surface area contributed by atoms with Crippen molar-refractivity contribution < 1.29 is 9.59 Å². The average Bonchev–Trinajstić information content (AvgIpc) is 3.47. The van der Waals surface area contributed by atoms with Crippen LogP contribution in [0.4, 0.5) is 0 Å². The van der Waals surface area contributed by atoms with Crippen LogP contribution in [-0.4, -0.2) is 48.9 Å². The Morgan fingerprint density at radius 2 is 1.67 bits per heavy atom. The summed E-state index contributed by atoms with van der Waals surface area (Å²) in [6, 6.07) is 0.444. The number of carbonyl (C=O) groups is 2. The Morgan fingerprint density at radius 3 is 2.21 bits per heavy atom. The topological polar surface area (TPSA) is 61.4 Å². The fourth-order valence-electron chi connectivity index (χ4n) is 3.85. The van der Waals surface area contributed by atoms with E-state index in [2.05, 4.69) is 22.5 Å². The molecule has 0 unspecified atom stereocenters. The lowest BCUT2D eigenvalue weighted by Gasteiger charge is -2.31. The first-order valence-corrected chi connectivity index (χ1v) is 9.96. The molecule has 2 aliphatic carbocycles. The maximum absolute atomic E-state index is 12.3. The van der Waals surface area contributed by atoms with Crippen molar-refractivity contribution in [3.63, 3.8) is 0 Å². The first-order valence-electron chi connectivity index (χ1n) is 9.96. The van der Waals surface area contributed by atoms with Gasteiger partial charge in [0.25, 0.3) is 0 Å². The maximum Gasteiger partial charge on any atom is 0.234 e. The summed E-state index contributed by atoms with van der Waals surface area (Å²) in [7, 11) is 0. The van der Waals surface area contributed by atoms with Gasteiger partial charge in [0, 0.05) is 18.5 Å². The molecule has 24 heavy (non-hydrogen) atoms. The predicted molar refractivity (Wildman–Crippen MR) is 94.5 cm³/mol.